The molecule has 6 heteroatoms. The third-order valence-electron chi connectivity index (χ3n) is 3.51. The quantitative estimate of drug-likeness (QED) is 0.813. The lowest BCUT2D eigenvalue weighted by Gasteiger charge is -2.08. The molecule has 2 aromatic rings. The highest BCUT2D eigenvalue weighted by Gasteiger charge is 2.21. The van der Waals surface area contributed by atoms with Gasteiger partial charge in [0.25, 0.3) is 10.1 Å². The number of oxazole rings is 1. The molecule has 0 radical (unpaired) electrons. The second-order valence-corrected chi connectivity index (χ2v) is 6.28. The molecule has 19 heavy (non-hydrogen) atoms. The molecule has 1 aromatic carbocycles. The summed E-state index contributed by atoms with van der Waals surface area (Å²) in [6.45, 7) is 0. The van der Waals surface area contributed by atoms with Gasteiger partial charge in [0.05, 0.1) is 4.90 Å². The van der Waals surface area contributed by atoms with Crippen LogP contribution in [0.25, 0.3) is 11.1 Å². The van der Waals surface area contributed by atoms with Crippen molar-refractivity contribution in [1.82, 2.24) is 4.98 Å². The summed E-state index contributed by atoms with van der Waals surface area (Å²) in [5.41, 5.74) is 1.75. The predicted molar refractivity (Wildman–Crippen MR) is 69.7 cm³/mol. The van der Waals surface area contributed by atoms with Gasteiger partial charge in [0.15, 0.2) is 11.5 Å². The highest BCUT2D eigenvalue weighted by atomic mass is 32.2. The van der Waals surface area contributed by atoms with Crippen molar-refractivity contribution in [2.24, 2.45) is 0 Å². The summed E-state index contributed by atoms with van der Waals surface area (Å²) in [4.78, 5) is 4.35. The van der Waals surface area contributed by atoms with Crippen molar-refractivity contribution in [2.45, 2.75) is 43.4 Å². The number of hydrogen-bond donors (Lipinski definition) is 1. The number of aromatic nitrogens is 1. The zero-order chi connectivity index (χ0) is 13.5. The SMILES string of the molecule is O=S(=O)(O)c1ccc2oc3nc2c1CCCCCC3. The molecule has 0 aliphatic carbocycles. The van der Waals surface area contributed by atoms with E-state index in [-0.39, 0.29) is 4.90 Å². The first kappa shape index (κ1) is 12.6. The Labute approximate surface area is 111 Å². The summed E-state index contributed by atoms with van der Waals surface area (Å²) >= 11 is 0. The molecule has 1 aliphatic heterocycles. The molecule has 1 N–H and O–H groups in total. The molecule has 0 atom stereocenters. The van der Waals surface area contributed by atoms with Crippen LogP contribution in [0, 0.1) is 0 Å². The smallest absolute Gasteiger partial charge is 0.294 e. The van der Waals surface area contributed by atoms with Gasteiger partial charge in [0.2, 0.25) is 0 Å². The van der Waals surface area contributed by atoms with E-state index in [1.54, 1.807) is 6.07 Å². The Bertz CT molecular complexity index is 718. The zero-order valence-corrected chi connectivity index (χ0v) is 11.2. The number of hydrogen-bond acceptors (Lipinski definition) is 4. The van der Waals surface area contributed by atoms with E-state index in [0.717, 1.165) is 32.1 Å². The van der Waals surface area contributed by atoms with Crippen LogP contribution in [0.3, 0.4) is 0 Å². The van der Waals surface area contributed by atoms with Gasteiger partial charge < -0.3 is 4.42 Å². The second-order valence-electron chi connectivity index (χ2n) is 4.89. The fourth-order valence-electron chi connectivity index (χ4n) is 2.60. The average Bonchev–Trinajstić information content (AvgIpc) is 2.75. The van der Waals surface area contributed by atoms with Crippen LogP contribution in [0.5, 0.6) is 0 Å². The van der Waals surface area contributed by atoms with Crippen molar-refractivity contribution < 1.29 is 17.4 Å². The zero-order valence-electron chi connectivity index (χ0n) is 10.4. The summed E-state index contributed by atoms with van der Waals surface area (Å²) in [5.74, 6) is 0.644. The molecule has 0 saturated heterocycles. The van der Waals surface area contributed by atoms with Gasteiger partial charge in [-0.25, -0.2) is 4.98 Å². The lowest BCUT2D eigenvalue weighted by atomic mass is 10.0. The van der Waals surface area contributed by atoms with Crippen molar-refractivity contribution in [1.29, 1.82) is 0 Å². The molecule has 0 saturated carbocycles. The fourth-order valence-corrected chi connectivity index (χ4v) is 3.35. The average molecular weight is 281 g/mol. The second kappa shape index (κ2) is 4.61. The highest BCUT2D eigenvalue weighted by Crippen LogP contribution is 2.29. The Kier molecular flexibility index (Phi) is 3.06. The van der Waals surface area contributed by atoms with E-state index in [4.69, 9.17) is 4.42 Å². The molecular weight excluding hydrogens is 266 g/mol. The van der Waals surface area contributed by atoms with Gasteiger partial charge in [0.1, 0.15) is 5.52 Å². The third kappa shape index (κ3) is 2.37. The first-order valence-corrected chi connectivity index (χ1v) is 7.88. The van der Waals surface area contributed by atoms with Crippen molar-refractivity contribution in [3.05, 3.63) is 23.6 Å². The first-order chi connectivity index (χ1) is 9.05. The molecule has 0 fully saturated rings. The summed E-state index contributed by atoms with van der Waals surface area (Å²) in [5, 5.41) is 0. The predicted octanol–water partition coefficient (Wildman–Crippen LogP) is 2.73. The van der Waals surface area contributed by atoms with E-state index in [2.05, 4.69) is 4.98 Å². The first-order valence-electron chi connectivity index (χ1n) is 6.44. The molecule has 3 rings (SSSR count). The van der Waals surface area contributed by atoms with Gasteiger partial charge in [-0.1, -0.05) is 12.8 Å². The largest absolute Gasteiger partial charge is 0.441 e. The standard InChI is InChI=1S/C13H15NO4S/c15-19(16,17)11-8-7-10-13-9(11)5-3-1-2-4-6-12(14-13)18-10/h7-8H,1-6H2,(H,15,16,17). The minimum Gasteiger partial charge on any atom is -0.441 e. The Balaban J connectivity index is 2.27. The van der Waals surface area contributed by atoms with Crippen LogP contribution in [0.4, 0.5) is 0 Å². The molecule has 2 heterocycles. The number of nitrogens with zero attached hydrogens (tertiary/aromatic N) is 1. The normalized spacial score (nSPS) is 16.9. The summed E-state index contributed by atoms with van der Waals surface area (Å²) in [6, 6.07) is 2.97. The van der Waals surface area contributed by atoms with Gasteiger partial charge in [-0.15, -0.1) is 0 Å². The van der Waals surface area contributed by atoms with Crippen LogP contribution in [-0.4, -0.2) is 18.0 Å². The van der Waals surface area contributed by atoms with Gasteiger partial charge in [0, 0.05) is 12.0 Å². The summed E-state index contributed by atoms with van der Waals surface area (Å²) < 4.78 is 37.8. The van der Waals surface area contributed by atoms with Crippen molar-refractivity contribution in [3.8, 4) is 0 Å². The Hall–Kier alpha value is -1.40. The van der Waals surface area contributed by atoms with E-state index in [9.17, 15) is 13.0 Å². The lowest BCUT2D eigenvalue weighted by molar-refractivity contribution is 0.481. The maximum Gasteiger partial charge on any atom is 0.294 e. The van der Waals surface area contributed by atoms with E-state index in [1.165, 1.54) is 6.07 Å². The third-order valence-corrected chi connectivity index (χ3v) is 4.45. The van der Waals surface area contributed by atoms with Gasteiger partial charge >= 0.3 is 0 Å². The van der Waals surface area contributed by atoms with Crippen LogP contribution in [-0.2, 0) is 23.0 Å². The monoisotopic (exact) mass is 281 g/mol. The molecule has 1 aliphatic rings. The maximum absolute atomic E-state index is 11.4. The van der Waals surface area contributed by atoms with Crippen molar-refractivity contribution >= 4 is 21.2 Å². The van der Waals surface area contributed by atoms with Gasteiger partial charge in [-0.2, -0.15) is 8.42 Å². The summed E-state index contributed by atoms with van der Waals surface area (Å²) in [7, 11) is -4.22. The molecule has 1 aromatic heterocycles. The topological polar surface area (TPSA) is 80.4 Å². The van der Waals surface area contributed by atoms with E-state index < -0.39 is 10.1 Å². The lowest BCUT2D eigenvalue weighted by Crippen LogP contribution is -2.04. The molecule has 0 spiro atoms. The highest BCUT2D eigenvalue weighted by molar-refractivity contribution is 7.85. The van der Waals surface area contributed by atoms with Gasteiger partial charge in [-0.3, -0.25) is 4.55 Å². The molecule has 102 valence electrons. The fraction of sp³-hybridized carbons (Fsp3) is 0.462. The van der Waals surface area contributed by atoms with Crippen LogP contribution in [0.15, 0.2) is 21.4 Å². The molecular formula is C13H15NO4S. The van der Waals surface area contributed by atoms with E-state index in [1.807, 2.05) is 0 Å². The molecule has 0 unspecified atom stereocenters. The van der Waals surface area contributed by atoms with Gasteiger partial charge in [-0.05, 0) is 31.4 Å². The number of aryl methyl sites for hydroxylation is 2. The minimum absolute atomic E-state index is 0.0413. The molecule has 0 amide bonds. The Morgan fingerprint density at radius 1 is 1.11 bits per heavy atom. The molecule has 5 nitrogen and oxygen atoms in total. The number of rotatable bonds is 1. The Morgan fingerprint density at radius 3 is 2.58 bits per heavy atom. The van der Waals surface area contributed by atoms with Crippen LogP contribution in [0.2, 0.25) is 0 Å². The summed E-state index contributed by atoms with van der Waals surface area (Å²) in [6.07, 6.45) is 5.42. The van der Waals surface area contributed by atoms with Crippen LogP contribution in [0.1, 0.15) is 37.1 Å². The minimum atomic E-state index is -4.22. The number of fused-ring (bicyclic) bond motifs is 1. The Morgan fingerprint density at radius 2 is 1.84 bits per heavy atom. The van der Waals surface area contributed by atoms with Crippen LogP contribution >= 0.6 is 0 Å². The maximum atomic E-state index is 11.4. The van der Waals surface area contributed by atoms with Crippen LogP contribution < -0.4 is 0 Å². The van der Waals surface area contributed by atoms with E-state index >= 15 is 0 Å². The van der Waals surface area contributed by atoms with Crippen molar-refractivity contribution in [3.63, 3.8) is 0 Å². The van der Waals surface area contributed by atoms with E-state index in [0.29, 0.717) is 29.0 Å². The van der Waals surface area contributed by atoms with Crippen molar-refractivity contribution in [2.75, 3.05) is 0 Å². The molecule has 2 bridgehead atoms. The number of benzene rings is 1.